The van der Waals surface area contributed by atoms with E-state index >= 15 is 0 Å². The number of Topliss-reactive ketones (excluding diaryl/α,β-unsaturated/α-hetero) is 1. The molecule has 29 heavy (non-hydrogen) atoms. The predicted molar refractivity (Wildman–Crippen MR) is 111 cm³/mol. The third kappa shape index (κ3) is 3.23. The highest BCUT2D eigenvalue weighted by Gasteiger charge is 2.49. The van der Waals surface area contributed by atoms with E-state index in [2.05, 4.69) is 15.9 Å². The summed E-state index contributed by atoms with van der Waals surface area (Å²) in [6.07, 6.45) is 1.46. The Morgan fingerprint density at radius 2 is 1.79 bits per heavy atom. The van der Waals surface area contributed by atoms with Gasteiger partial charge in [0.25, 0.3) is 11.7 Å². The summed E-state index contributed by atoms with van der Waals surface area (Å²) in [5, 5.41) is 11.0. The molecule has 1 aliphatic heterocycles. The lowest BCUT2D eigenvalue weighted by Gasteiger charge is -2.24. The van der Waals surface area contributed by atoms with Gasteiger partial charge in [-0.05, 0) is 36.4 Å². The SMILES string of the molecule is COc1ccccc1N1C(=O)C(=O)/C(=C(\O)c2ccc(Br)cc2)C1c1ccco1. The van der Waals surface area contributed by atoms with Crippen LogP contribution >= 0.6 is 15.9 Å². The molecule has 0 spiro atoms. The van der Waals surface area contributed by atoms with Gasteiger partial charge >= 0.3 is 0 Å². The summed E-state index contributed by atoms with van der Waals surface area (Å²) in [4.78, 5) is 27.3. The summed E-state index contributed by atoms with van der Waals surface area (Å²) in [6, 6.07) is 16.1. The zero-order chi connectivity index (χ0) is 20.5. The second kappa shape index (κ2) is 7.60. The van der Waals surface area contributed by atoms with Gasteiger partial charge in [0, 0.05) is 10.0 Å². The lowest BCUT2D eigenvalue weighted by Crippen LogP contribution is -2.29. The average molecular weight is 454 g/mol. The molecule has 1 fully saturated rings. The molecular formula is C22H16BrNO5. The van der Waals surface area contributed by atoms with Crippen LogP contribution in [0.5, 0.6) is 5.75 Å². The Morgan fingerprint density at radius 3 is 2.45 bits per heavy atom. The van der Waals surface area contributed by atoms with Crippen LogP contribution in [0.1, 0.15) is 17.4 Å². The third-order valence-electron chi connectivity index (χ3n) is 4.72. The normalized spacial score (nSPS) is 18.3. The number of hydrogen-bond donors (Lipinski definition) is 1. The molecule has 1 N–H and O–H groups in total. The van der Waals surface area contributed by atoms with Crippen LogP contribution in [0.25, 0.3) is 5.76 Å². The van der Waals surface area contributed by atoms with Gasteiger partial charge in [-0.1, -0.05) is 40.2 Å². The zero-order valence-corrected chi connectivity index (χ0v) is 16.9. The monoisotopic (exact) mass is 453 g/mol. The molecule has 7 heteroatoms. The van der Waals surface area contributed by atoms with Gasteiger partial charge in [-0.15, -0.1) is 0 Å². The Labute approximate surface area is 175 Å². The fraction of sp³-hybridized carbons (Fsp3) is 0.0909. The van der Waals surface area contributed by atoms with E-state index in [0.717, 1.165) is 4.47 Å². The van der Waals surface area contributed by atoms with Crippen molar-refractivity contribution in [2.75, 3.05) is 12.0 Å². The van der Waals surface area contributed by atoms with E-state index in [9.17, 15) is 14.7 Å². The minimum atomic E-state index is -0.926. The molecule has 0 bridgehead atoms. The van der Waals surface area contributed by atoms with Gasteiger partial charge < -0.3 is 14.3 Å². The van der Waals surface area contributed by atoms with Crippen molar-refractivity contribution in [3.05, 3.63) is 88.3 Å². The van der Waals surface area contributed by atoms with Crippen LogP contribution in [0, 0.1) is 0 Å². The summed E-state index contributed by atoms with van der Waals surface area (Å²) in [6.45, 7) is 0. The third-order valence-corrected chi connectivity index (χ3v) is 5.25. The van der Waals surface area contributed by atoms with Crippen molar-refractivity contribution in [3.63, 3.8) is 0 Å². The Hall–Kier alpha value is -3.32. The predicted octanol–water partition coefficient (Wildman–Crippen LogP) is 4.68. The molecule has 4 rings (SSSR count). The molecule has 1 aromatic heterocycles. The first-order valence-electron chi connectivity index (χ1n) is 8.76. The molecule has 0 aliphatic carbocycles. The highest BCUT2D eigenvalue weighted by molar-refractivity contribution is 9.10. The number of methoxy groups -OCH3 is 1. The van der Waals surface area contributed by atoms with Crippen LogP contribution in [0.4, 0.5) is 5.69 Å². The number of halogens is 1. The highest BCUT2D eigenvalue weighted by Crippen LogP contribution is 2.44. The molecule has 1 saturated heterocycles. The van der Waals surface area contributed by atoms with E-state index in [4.69, 9.17) is 9.15 Å². The fourth-order valence-corrected chi connectivity index (χ4v) is 3.65. The summed E-state index contributed by atoms with van der Waals surface area (Å²) in [7, 11) is 1.49. The number of ether oxygens (including phenoxy) is 1. The van der Waals surface area contributed by atoms with Gasteiger partial charge in [-0.3, -0.25) is 14.5 Å². The summed E-state index contributed by atoms with van der Waals surface area (Å²) in [5.74, 6) is -1.05. The lowest BCUT2D eigenvalue weighted by atomic mass is 9.99. The van der Waals surface area contributed by atoms with Crippen molar-refractivity contribution in [3.8, 4) is 5.75 Å². The van der Waals surface area contributed by atoms with Crippen molar-refractivity contribution in [2.24, 2.45) is 0 Å². The molecule has 6 nitrogen and oxygen atoms in total. The zero-order valence-electron chi connectivity index (χ0n) is 15.3. The van der Waals surface area contributed by atoms with Crippen LogP contribution in [-0.4, -0.2) is 23.9 Å². The molecular weight excluding hydrogens is 438 g/mol. The Morgan fingerprint density at radius 1 is 1.07 bits per heavy atom. The Kier molecular flexibility index (Phi) is 4.98. The van der Waals surface area contributed by atoms with E-state index < -0.39 is 17.7 Å². The highest BCUT2D eigenvalue weighted by atomic mass is 79.9. The van der Waals surface area contributed by atoms with Crippen LogP contribution in [-0.2, 0) is 9.59 Å². The topological polar surface area (TPSA) is 80.0 Å². The minimum Gasteiger partial charge on any atom is -0.507 e. The number of rotatable bonds is 4. The number of furan rings is 1. The summed E-state index contributed by atoms with van der Waals surface area (Å²) < 4.78 is 11.7. The smallest absolute Gasteiger partial charge is 0.300 e. The quantitative estimate of drug-likeness (QED) is 0.352. The number of hydrogen-bond acceptors (Lipinski definition) is 5. The van der Waals surface area contributed by atoms with Crippen LogP contribution in [0.15, 0.2) is 81.4 Å². The number of nitrogens with zero attached hydrogens (tertiary/aromatic N) is 1. The van der Waals surface area contributed by atoms with E-state index in [1.165, 1.54) is 18.3 Å². The maximum Gasteiger partial charge on any atom is 0.300 e. The van der Waals surface area contributed by atoms with Gasteiger partial charge in [-0.2, -0.15) is 0 Å². The summed E-state index contributed by atoms with van der Waals surface area (Å²) >= 11 is 3.34. The van der Waals surface area contributed by atoms with Gasteiger partial charge in [-0.25, -0.2) is 0 Å². The molecule has 146 valence electrons. The molecule has 1 unspecified atom stereocenters. The van der Waals surface area contributed by atoms with Crippen molar-refractivity contribution in [2.45, 2.75) is 6.04 Å². The number of amides is 1. The number of anilines is 1. The number of para-hydroxylation sites is 2. The van der Waals surface area contributed by atoms with E-state index in [1.807, 2.05) is 0 Å². The maximum absolute atomic E-state index is 13.0. The molecule has 0 saturated carbocycles. The number of carbonyl (C=O) groups excluding carboxylic acids is 2. The molecule has 1 atom stereocenters. The second-order valence-electron chi connectivity index (χ2n) is 6.36. The molecule has 3 aromatic rings. The van der Waals surface area contributed by atoms with Crippen molar-refractivity contribution >= 4 is 39.1 Å². The van der Waals surface area contributed by atoms with Gasteiger partial charge in [0.1, 0.15) is 23.3 Å². The number of ketones is 1. The first-order valence-corrected chi connectivity index (χ1v) is 9.55. The maximum atomic E-state index is 13.0. The van der Waals surface area contributed by atoms with Crippen molar-refractivity contribution in [1.29, 1.82) is 0 Å². The Balaban J connectivity index is 1.94. The van der Waals surface area contributed by atoms with Crippen LogP contribution in [0.3, 0.4) is 0 Å². The molecule has 1 amide bonds. The first kappa shape index (κ1) is 19.0. The second-order valence-corrected chi connectivity index (χ2v) is 7.28. The Bertz CT molecular complexity index is 1100. The summed E-state index contributed by atoms with van der Waals surface area (Å²) in [5.41, 5.74) is 0.786. The lowest BCUT2D eigenvalue weighted by molar-refractivity contribution is -0.132. The molecule has 0 radical (unpaired) electrons. The number of carbonyl (C=O) groups is 2. The standard InChI is InChI=1S/C22H16BrNO5/c1-28-16-6-3-2-5-15(16)24-19(17-7-4-12-29-17)18(21(26)22(24)27)20(25)13-8-10-14(23)11-9-13/h2-12,19,25H,1H3/b20-18-. The van der Waals surface area contributed by atoms with Crippen LogP contribution < -0.4 is 9.64 Å². The first-order chi connectivity index (χ1) is 14.0. The molecule has 1 aliphatic rings. The van der Waals surface area contributed by atoms with Crippen LogP contribution in [0.2, 0.25) is 0 Å². The number of benzene rings is 2. The van der Waals surface area contributed by atoms with Gasteiger partial charge in [0.15, 0.2) is 0 Å². The minimum absolute atomic E-state index is 0.0434. The van der Waals surface area contributed by atoms with E-state index in [0.29, 0.717) is 22.8 Å². The largest absolute Gasteiger partial charge is 0.507 e. The fourth-order valence-electron chi connectivity index (χ4n) is 3.39. The van der Waals surface area contributed by atoms with Crippen molar-refractivity contribution in [1.82, 2.24) is 0 Å². The van der Waals surface area contributed by atoms with Gasteiger partial charge in [0.05, 0.1) is 24.6 Å². The van der Waals surface area contributed by atoms with Crippen molar-refractivity contribution < 1.29 is 23.8 Å². The average Bonchev–Trinajstić information content (AvgIpc) is 3.35. The van der Waals surface area contributed by atoms with E-state index in [1.54, 1.807) is 60.7 Å². The van der Waals surface area contributed by atoms with E-state index in [-0.39, 0.29) is 11.3 Å². The molecule has 2 heterocycles. The number of aliphatic hydroxyl groups is 1. The molecule has 2 aromatic carbocycles. The number of aliphatic hydroxyl groups excluding tert-OH is 1. The van der Waals surface area contributed by atoms with Gasteiger partial charge in [0.2, 0.25) is 0 Å².